The fourth-order valence-corrected chi connectivity index (χ4v) is 2.64. The molecule has 2 aromatic carbocycles. The zero-order valence-electron chi connectivity index (χ0n) is 13.0. The maximum atomic E-state index is 11.9. The lowest BCUT2D eigenvalue weighted by atomic mass is 10.1. The van der Waals surface area contributed by atoms with Crippen LogP contribution in [-0.2, 0) is 11.2 Å². The van der Waals surface area contributed by atoms with Gasteiger partial charge in [0.1, 0.15) is 5.75 Å². The minimum absolute atomic E-state index is 0.0964. The van der Waals surface area contributed by atoms with Crippen molar-refractivity contribution in [1.29, 1.82) is 0 Å². The van der Waals surface area contributed by atoms with Gasteiger partial charge in [-0.15, -0.1) is 0 Å². The molecule has 0 atom stereocenters. The molecule has 1 aromatic heterocycles. The van der Waals surface area contributed by atoms with Gasteiger partial charge in [-0.05, 0) is 42.7 Å². The number of carboxylic acid groups (broad SMARTS) is 1. The lowest BCUT2D eigenvalue weighted by Crippen LogP contribution is -2.08. The number of carboxylic acids is 1. The van der Waals surface area contributed by atoms with E-state index in [4.69, 9.17) is 9.84 Å². The number of aryl methyl sites for hydroxylation is 1. The van der Waals surface area contributed by atoms with Crippen LogP contribution in [0.4, 0.5) is 0 Å². The van der Waals surface area contributed by atoms with Gasteiger partial charge in [-0.25, -0.2) is 4.79 Å². The number of carbonyl (C=O) groups excluding carboxylic acids is 1. The molecule has 0 bridgehead atoms. The topological polar surface area (TPSA) is 79.4 Å². The summed E-state index contributed by atoms with van der Waals surface area (Å²) in [5, 5.41) is 10.1. The normalized spacial score (nSPS) is 10.7. The number of carbonyl (C=O) groups is 2. The Morgan fingerprint density at radius 3 is 2.75 bits per heavy atom. The van der Waals surface area contributed by atoms with E-state index in [1.807, 2.05) is 24.4 Å². The Kier molecular flexibility index (Phi) is 4.61. The highest BCUT2D eigenvalue weighted by Crippen LogP contribution is 2.20. The van der Waals surface area contributed by atoms with Crippen molar-refractivity contribution in [2.75, 3.05) is 0 Å². The molecular weight excluding hydrogens is 306 g/mol. The molecule has 0 aliphatic carbocycles. The Labute approximate surface area is 138 Å². The molecule has 3 aromatic rings. The standard InChI is InChI=1S/C19H17NO4/c21-18(24-15-7-3-5-13(11-15)19(22)23)10-4-6-14-12-20-17-9-2-1-8-16(14)17/h1-3,5,7-9,11-12,20H,4,6,10H2,(H,22,23). The molecule has 0 radical (unpaired) electrons. The largest absolute Gasteiger partial charge is 0.478 e. The number of benzene rings is 2. The van der Waals surface area contributed by atoms with Gasteiger partial charge in [0.05, 0.1) is 5.56 Å². The second-order valence-corrected chi connectivity index (χ2v) is 5.52. The molecule has 0 saturated heterocycles. The summed E-state index contributed by atoms with van der Waals surface area (Å²) >= 11 is 0. The number of fused-ring (bicyclic) bond motifs is 1. The molecule has 0 fully saturated rings. The van der Waals surface area contributed by atoms with Gasteiger partial charge in [-0.1, -0.05) is 24.3 Å². The minimum atomic E-state index is -1.05. The first kappa shape index (κ1) is 15.8. The highest BCUT2D eigenvalue weighted by atomic mass is 16.5. The lowest BCUT2D eigenvalue weighted by molar-refractivity contribution is -0.134. The Hall–Kier alpha value is -3.08. The summed E-state index contributed by atoms with van der Waals surface area (Å²) < 4.78 is 5.20. The molecule has 24 heavy (non-hydrogen) atoms. The molecule has 0 aliphatic heterocycles. The predicted molar refractivity (Wildman–Crippen MR) is 90.3 cm³/mol. The molecule has 2 N–H and O–H groups in total. The van der Waals surface area contributed by atoms with E-state index in [9.17, 15) is 9.59 Å². The van der Waals surface area contributed by atoms with E-state index >= 15 is 0 Å². The molecule has 0 spiro atoms. The van der Waals surface area contributed by atoms with Crippen LogP contribution in [0.3, 0.4) is 0 Å². The molecule has 0 unspecified atom stereocenters. The van der Waals surface area contributed by atoms with Crippen LogP contribution in [-0.4, -0.2) is 22.0 Å². The van der Waals surface area contributed by atoms with Crippen molar-refractivity contribution in [3.63, 3.8) is 0 Å². The van der Waals surface area contributed by atoms with Crippen LogP contribution in [0.5, 0.6) is 5.75 Å². The summed E-state index contributed by atoms with van der Waals surface area (Å²) in [6.07, 6.45) is 3.68. The number of H-pyrrole nitrogens is 1. The van der Waals surface area contributed by atoms with Crippen molar-refractivity contribution in [2.24, 2.45) is 0 Å². The third-order valence-electron chi connectivity index (χ3n) is 3.81. The molecule has 3 rings (SSSR count). The van der Waals surface area contributed by atoms with Crippen LogP contribution in [0.2, 0.25) is 0 Å². The number of ether oxygens (including phenoxy) is 1. The predicted octanol–water partition coefficient (Wildman–Crippen LogP) is 3.79. The molecule has 0 amide bonds. The maximum absolute atomic E-state index is 11.9. The van der Waals surface area contributed by atoms with Gasteiger partial charge in [0.15, 0.2) is 0 Å². The van der Waals surface area contributed by atoms with Crippen molar-refractivity contribution in [3.8, 4) is 5.75 Å². The second kappa shape index (κ2) is 7.00. The summed E-state index contributed by atoms with van der Waals surface area (Å²) in [7, 11) is 0. The second-order valence-electron chi connectivity index (χ2n) is 5.52. The van der Waals surface area contributed by atoms with Crippen LogP contribution in [0.25, 0.3) is 10.9 Å². The van der Waals surface area contributed by atoms with Crippen molar-refractivity contribution < 1.29 is 19.4 Å². The van der Waals surface area contributed by atoms with Crippen molar-refractivity contribution in [2.45, 2.75) is 19.3 Å². The molecule has 5 heteroatoms. The van der Waals surface area contributed by atoms with Crippen LogP contribution < -0.4 is 4.74 Å². The summed E-state index contributed by atoms with van der Waals surface area (Å²) in [4.78, 5) is 26.0. The van der Waals surface area contributed by atoms with Gasteiger partial charge in [-0.3, -0.25) is 4.79 Å². The van der Waals surface area contributed by atoms with Crippen LogP contribution in [0.1, 0.15) is 28.8 Å². The molecule has 5 nitrogen and oxygen atoms in total. The Morgan fingerprint density at radius 2 is 1.92 bits per heavy atom. The monoisotopic (exact) mass is 323 g/mol. The molecule has 0 aliphatic rings. The number of hydrogen-bond acceptors (Lipinski definition) is 3. The van der Waals surface area contributed by atoms with Crippen molar-refractivity contribution >= 4 is 22.8 Å². The van der Waals surface area contributed by atoms with E-state index < -0.39 is 5.97 Å². The highest BCUT2D eigenvalue weighted by molar-refractivity contribution is 5.88. The SMILES string of the molecule is O=C(CCCc1c[nH]c2ccccc12)Oc1cccc(C(=O)O)c1. The van der Waals surface area contributed by atoms with E-state index in [0.717, 1.165) is 11.9 Å². The van der Waals surface area contributed by atoms with E-state index in [0.29, 0.717) is 6.42 Å². The van der Waals surface area contributed by atoms with Gasteiger partial charge >= 0.3 is 11.9 Å². The van der Waals surface area contributed by atoms with E-state index in [1.165, 1.54) is 23.1 Å². The summed E-state index contributed by atoms with van der Waals surface area (Å²) in [5.41, 5.74) is 2.35. The third kappa shape index (κ3) is 3.63. The van der Waals surface area contributed by atoms with Crippen molar-refractivity contribution in [1.82, 2.24) is 4.98 Å². The number of rotatable bonds is 6. The van der Waals surface area contributed by atoms with Crippen LogP contribution in [0, 0.1) is 0 Å². The third-order valence-corrected chi connectivity index (χ3v) is 3.81. The fraction of sp³-hybridized carbons (Fsp3) is 0.158. The van der Waals surface area contributed by atoms with Crippen LogP contribution in [0.15, 0.2) is 54.7 Å². The summed E-state index contributed by atoms with van der Waals surface area (Å²) in [6, 6.07) is 14.0. The minimum Gasteiger partial charge on any atom is -0.478 e. The fourth-order valence-electron chi connectivity index (χ4n) is 2.64. The number of nitrogens with one attached hydrogen (secondary N) is 1. The van der Waals surface area contributed by atoms with Gasteiger partial charge in [0.25, 0.3) is 0 Å². The Bertz CT molecular complexity index is 882. The first-order valence-electron chi connectivity index (χ1n) is 7.72. The number of esters is 1. The Morgan fingerprint density at radius 1 is 1.08 bits per heavy atom. The molecule has 0 saturated carbocycles. The summed E-state index contributed by atoms with van der Waals surface area (Å²) in [5.74, 6) is -1.16. The smallest absolute Gasteiger partial charge is 0.335 e. The van der Waals surface area contributed by atoms with Gasteiger partial charge in [-0.2, -0.15) is 0 Å². The highest BCUT2D eigenvalue weighted by Gasteiger charge is 2.09. The average molecular weight is 323 g/mol. The van der Waals surface area contributed by atoms with Crippen LogP contribution >= 0.6 is 0 Å². The molecular formula is C19H17NO4. The van der Waals surface area contributed by atoms with Crippen molar-refractivity contribution in [3.05, 3.63) is 65.9 Å². The number of aromatic nitrogens is 1. The number of para-hydroxylation sites is 1. The van der Waals surface area contributed by atoms with Gasteiger partial charge in [0, 0.05) is 23.5 Å². The average Bonchev–Trinajstić information content (AvgIpc) is 2.98. The number of hydrogen-bond donors (Lipinski definition) is 2. The quantitative estimate of drug-likeness (QED) is 0.534. The van der Waals surface area contributed by atoms with Gasteiger partial charge < -0.3 is 14.8 Å². The van der Waals surface area contributed by atoms with E-state index in [-0.39, 0.29) is 23.7 Å². The Balaban J connectivity index is 1.54. The van der Waals surface area contributed by atoms with Gasteiger partial charge in [0.2, 0.25) is 0 Å². The van der Waals surface area contributed by atoms with E-state index in [1.54, 1.807) is 12.1 Å². The summed E-state index contributed by atoms with van der Waals surface area (Å²) in [6.45, 7) is 0. The number of aromatic amines is 1. The number of aromatic carboxylic acids is 1. The zero-order chi connectivity index (χ0) is 16.9. The van der Waals surface area contributed by atoms with E-state index in [2.05, 4.69) is 11.1 Å². The first-order chi connectivity index (χ1) is 11.6. The first-order valence-corrected chi connectivity index (χ1v) is 7.72. The molecule has 122 valence electrons. The zero-order valence-corrected chi connectivity index (χ0v) is 13.0. The maximum Gasteiger partial charge on any atom is 0.335 e. The lowest BCUT2D eigenvalue weighted by Gasteiger charge is -2.05. The molecule has 1 heterocycles.